The van der Waals surface area contributed by atoms with E-state index < -0.39 is 0 Å². The number of hydrogen-bond acceptors (Lipinski definition) is 4. The number of unbranched alkanes of at least 4 members (excludes halogenated alkanes) is 2. The first kappa shape index (κ1) is 25.7. The van der Waals surface area contributed by atoms with Crippen molar-refractivity contribution >= 4 is 0 Å². The zero-order valence-electron chi connectivity index (χ0n) is 19.9. The van der Waals surface area contributed by atoms with Gasteiger partial charge in [0.15, 0.2) is 0 Å². The number of rotatable bonds is 14. The van der Waals surface area contributed by atoms with E-state index in [4.69, 9.17) is 19.7 Å². The van der Waals surface area contributed by atoms with Crippen LogP contribution in [0.15, 0.2) is 60.7 Å². The van der Waals surface area contributed by atoms with Gasteiger partial charge in [-0.1, -0.05) is 56.2 Å². The van der Waals surface area contributed by atoms with Gasteiger partial charge in [-0.2, -0.15) is 0 Å². The number of benzene rings is 3. The molecule has 0 unspecified atom stereocenters. The lowest BCUT2D eigenvalue weighted by Crippen LogP contribution is -2.02. The topological polar surface area (TPSA) is 58.9 Å². The van der Waals surface area contributed by atoms with Crippen LogP contribution in [0.3, 0.4) is 0 Å². The summed E-state index contributed by atoms with van der Waals surface area (Å²) in [5.74, 6) is 0.775. The molecular weight excluding hydrogens is 431 g/mol. The normalized spacial score (nSPS) is 10.9. The highest BCUT2D eigenvalue weighted by molar-refractivity contribution is 5.73. The Labute approximate surface area is 202 Å². The van der Waals surface area contributed by atoms with Crippen LogP contribution in [0.2, 0.25) is 0 Å². The van der Waals surface area contributed by atoms with Gasteiger partial charge in [0.1, 0.15) is 17.3 Å². The Bertz CT molecular complexity index is 989. The van der Waals surface area contributed by atoms with Crippen molar-refractivity contribution in [2.24, 2.45) is 0 Å². The molecule has 0 amide bonds. The number of ether oxygens (including phenoxy) is 2. The maximum atomic E-state index is 15.2. The Morgan fingerprint density at radius 1 is 0.676 bits per heavy atom. The minimum absolute atomic E-state index is 0.0371. The predicted octanol–water partition coefficient (Wildman–Crippen LogP) is 6.41. The molecule has 3 aromatic carbocycles. The maximum Gasteiger partial charge on any atom is 0.131 e. The third-order valence-corrected chi connectivity index (χ3v) is 5.66. The lowest BCUT2D eigenvalue weighted by Gasteiger charge is -2.13. The molecule has 0 fully saturated rings. The molecule has 0 saturated heterocycles. The van der Waals surface area contributed by atoms with Gasteiger partial charge in [0.2, 0.25) is 0 Å². The summed E-state index contributed by atoms with van der Waals surface area (Å²) in [6.45, 7) is 2.98. The molecule has 3 aromatic rings. The first-order chi connectivity index (χ1) is 16.6. The van der Waals surface area contributed by atoms with Crippen LogP contribution in [0.1, 0.15) is 44.6 Å². The van der Waals surface area contributed by atoms with Gasteiger partial charge in [-0.05, 0) is 53.3 Å². The molecule has 0 aliphatic heterocycles. The summed E-state index contributed by atoms with van der Waals surface area (Å²) in [6, 6.07) is 18.9. The minimum atomic E-state index is -0.321. The van der Waals surface area contributed by atoms with Crippen molar-refractivity contribution in [2.45, 2.75) is 45.4 Å². The molecule has 0 atom stereocenters. The van der Waals surface area contributed by atoms with E-state index in [0.717, 1.165) is 17.5 Å². The summed E-state index contributed by atoms with van der Waals surface area (Å²) in [5.41, 5.74) is 4.23. The molecule has 0 radical (unpaired) electrons. The number of halogens is 1. The molecule has 0 bridgehead atoms. The van der Waals surface area contributed by atoms with Crippen molar-refractivity contribution < 1.29 is 24.1 Å². The fraction of sp³-hybridized carbons (Fsp3) is 0.379. The van der Waals surface area contributed by atoms with Crippen molar-refractivity contribution in [1.82, 2.24) is 0 Å². The van der Waals surface area contributed by atoms with Gasteiger partial charge in [0.05, 0.1) is 13.2 Å². The quantitative estimate of drug-likeness (QED) is 0.269. The summed E-state index contributed by atoms with van der Waals surface area (Å²) in [4.78, 5) is 0. The molecule has 0 spiro atoms. The highest BCUT2D eigenvalue weighted by Gasteiger charge is 2.12. The van der Waals surface area contributed by atoms with E-state index in [1.807, 2.05) is 6.07 Å². The second kappa shape index (κ2) is 13.7. The SMILES string of the molecule is CCCCCc1ccc(-c2ccc(-c3cc(OCCCO)cc(OCCCO)c3)c(F)c2)cc1. The van der Waals surface area contributed by atoms with E-state index in [1.165, 1.54) is 24.8 Å². The molecule has 0 aliphatic rings. The zero-order chi connectivity index (χ0) is 24.2. The lowest BCUT2D eigenvalue weighted by molar-refractivity contribution is 0.228. The monoisotopic (exact) mass is 466 g/mol. The molecule has 2 N–H and O–H groups in total. The smallest absolute Gasteiger partial charge is 0.131 e. The Balaban J connectivity index is 1.81. The fourth-order valence-corrected chi connectivity index (χ4v) is 3.77. The zero-order valence-corrected chi connectivity index (χ0v) is 19.9. The molecule has 182 valence electrons. The van der Waals surface area contributed by atoms with Gasteiger partial charge < -0.3 is 19.7 Å². The van der Waals surface area contributed by atoms with Crippen LogP contribution in [-0.2, 0) is 6.42 Å². The highest BCUT2D eigenvalue weighted by Crippen LogP contribution is 2.33. The Morgan fingerprint density at radius 2 is 1.29 bits per heavy atom. The van der Waals surface area contributed by atoms with Gasteiger partial charge in [-0.25, -0.2) is 4.39 Å². The van der Waals surface area contributed by atoms with Crippen LogP contribution in [0.4, 0.5) is 4.39 Å². The van der Waals surface area contributed by atoms with E-state index in [-0.39, 0.29) is 19.0 Å². The van der Waals surface area contributed by atoms with Gasteiger partial charge in [0, 0.05) is 37.7 Å². The summed E-state index contributed by atoms with van der Waals surface area (Å²) in [5, 5.41) is 18.0. The van der Waals surface area contributed by atoms with E-state index >= 15 is 4.39 Å². The van der Waals surface area contributed by atoms with Gasteiger partial charge in [-0.15, -0.1) is 0 Å². The molecule has 34 heavy (non-hydrogen) atoms. The van der Waals surface area contributed by atoms with Crippen LogP contribution in [-0.4, -0.2) is 36.6 Å². The maximum absolute atomic E-state index is 15.2. The lowest BCUT2D eigenvalue weighted by atomic mass is 9.98. The second-order valence-corrected chi connectivity index (χ2v) is 8.39. The first-order valence-corrected chi connectivity index (χ1v) is 12.2. The molecule has 0 aliphatic carbocycles. The Morgan fingerprint density at radius 3 is 1.85 bits per heavy atom. The molecule has 5 heteroatoms. The van der Waals surface area contributed by atoms with Gasteiger partial charge in [-0.3, -0.25) is 0 Å². The average molecular weight is 467 g/mol. The van der Waals surface area contributed by atoms with E-state index in [1.54, 1.807) is 30.3 Å². The van der Waals surface area contributed by atoms with Crippen LogP contribution >= 0.6 is 0 Å². The molecule has 0 saturated carbocycles. The van der Waals surface area contributed by atoms with E-state index in [0.29, 0.717) is 48.7 Å². The third kappa shape index (κ3) is 7.57. The van der Waals surface area contributed by atoms with Crippen molar-refractivity contribution in [3.63, 3.8) is 0 Å². The van der Waals surface area contributed by atoms with Crippen molar-refractivity contribution in [3.8, 4) is 33.8 Å². The van der Waals surface area contributed by atoms with Crippen LogP contribution in [0, 0.1) is 5.82 Å². The van der Waals surface area contributed by atoms with Crippen LogP contribution in [0.25, 0.3) is 22.3 Å². The summed E-state index contributed by atoms with van der Waals surface area (Å²) in [7, 11) is 0. The molecule has 3 rings (SSSR count). The largest absolute Gasteiger partial charge is 0.493 e. The van der Waals surface area contributed by atoms with Crippen molar-refractivity contribution in [3.05, 3.63) is 72.0 Å². The number of aliphatic hydroxyl groups is 2. The van der Waals surface area contributed by atoms with Crippen molar-refractivity contribution in [1.29, 1.82) is 0 Å². The standard InChI is InChI=1S/C29H35FO4/c1-2-3-4-7-22-8-10-23(11-9-22)24-12-13-28(29(30)20-24)25-18-26(33-16-5-14-31)21-27(19-25)34-17-6-15-32/h8-13,18-21,31-32H,2-7,14-17H2,1H3. The van der Waals surface area contributed by atoms with E-state index in [2.05, 4.69) is 31.2 Å². The summed E-state index contributed by atoms with van der Waals surface area (Å²) >= 11 is 0. The van der Waals surface area contributed by atoms with Gasteiger partial charge in [0.25, 0.3) is 0 Å². The van der Waals surface area contributed by atoms with E-state index in [9.17, 15) is 0 Å². The van der Waals surface area contributed by atoms with Crippen LogP contribution in [0.5, 0.6) is 11.5 Å². The second-order valence-electron chi connectivity index (χ2n) is 8.39. The number of aryl methyl sites for hydroxylation is 1. The molecule has 0 aromatic heterocycles. The first-order valence-electron chi connectivity index (χ1n) is 12.2. The number of aliphatic hydroxyl groups excluding tert-OH is 2. The third-order valence-electron chi connectivity index (χ3n) is 5.66. The summed E-state index contributed by atoms with van der Waals surface area (Å²) < 4.78 is 26.7. The van der Waals surface area contributed by atoms with Crippen molar-refractivity contribution in [2.75, 3.05) is 26.4 Å². The molecular formula is C29H35FO4. The molecule has 0 heterocycles. The van der Waals surface area contributed by atoms with Gasteiger partial charge >= 0.3 is 0 Å². The average Bonchev–Trinajstić information content (AvgIpc) is 2.85. The molecule has 4 nitrogen and oxygen atoms in total. The minimum Gasteiger partial charge on any atom is -0.493 e. The number of hydrogen-bond donors (Lipinski definition) is 2. The predicted molar refractivity (Wildman–Crippen MR) is 135 cm³/mol. The fourth-order valence-electron chi connectivity index (χ4n) is 3.77. The Kier molecular flexibility index (Phi) is 10.4. The van der Waals surface area contributed by atoms with Crippen LogP contribution < -0.4 is 9.47 Å². The highest BCUT2D eigenvalue weighted by atomic mass is 19.1. The Hall–Kier alpha value is -2.89. The summed E-state index contributed by atoms with van der Waals surface area (Å²) in [6.07, 6.45) is 5.71.